The van der Waals surface area contributed by atoms with Gasteiger partial charge in [-0.2, -0.15) is 0 Å². The second-order valence-corrected chi connectivity index (χ2v) is 5.97. The molecule has 5 nitrogen and oxygen atoms in total. The zero-order valence-electron chi connectivity index (χ0n) is 13.4. The number of hydrogen-bond acceptors (Lipinski definition) is 5. The molecular weight excluding hydrogens is 332 g/mol. The van der Waals surface area contributed by atoms with E-state index in [0.29, 0.717) is 5.56 Å². The molecule has 0 aliphatic heterocycles. The van der Waals surface area contributed by atoms with Crippen LogP contribution in [-0.2, 0) is 0 Å². The quantitative estimate of drug-likeness (QED) is 0.545. The number of benzene rings is 3. The van der Waals surface area contributed by atoms with Gasteiger partial charge in [-0.3, -0.25) is 14.4 Å². The lowest BCUT2D eigenvalue weighted by Gasteiger charge is -2.20. The molecule has 26 heavy (non-hydrogen) atoms. The second kappa shape index (κ2) is 5.67. The predicted octanol–water partition coefficient (Wildman–Crippen LogP) is 3.10. The van der Waals surface area contributed by atoms with E-state index in [0.717, 1.165) is 0 Å². The number of aromatic hydroxyl groups is 2. The topological polar surface area (TPSA) is 91.7 Å². The summed E-state index contributed by atoms with van der Waals surface area (Å²) in [5.74, 6) is -2.33. The molecule has 0 unspecified atom stereocenters. The average Bonchev–Trinajstić information content (AvgIpc) is 2.65. The maximum atomic E-state index is 12.8. The van der Waals surface area contributed by atoms with E-state index in [1.807, 2.05) is 0 Å². The van der Waals surface area contributed by atoms with E-state index in [4.69, 9.17) is 0 Å². The first-order chi connectivity index (χ1) is 12.5. The molecule has 0 aromatic heterocycles. The van der Waals surface area contributed by atoms with Crippen LogP contribution in [0.15, 0.2) is 60.7 Å². The number of fused-ring (bicyclic) bond motifs is 2. The Morgan fingerprint density at radius 3 is 2.08 bits per heavy atom. The molecule has 4 rings (SSSR count). The first-order valence-electron chi connectivity index (χ1n) is 7.87. The van der Waals surface area contributed by atoms with Crippen LogP contribution in [0.1, 0.15) is 47.8 Å². The van der Waals surface area contributed by atoms with Crippen molar-refractivity contribution in [3.8, 4) is 11.5 Å². The van der Waals surface area contributed by atoms with Crippen molar-refractivity contribution < 1.29 is 24.6 Å². The molecule has 3 aromatic rings. The van der Waals surface area contributed by atoms with Crippen molar-refractivity contribution in [1.82, 2.24) is 0 Å². The number of rotatable bonds is 2. The standard InChI is InChI=1S/C21H12O5/c22-15-8-4-7-13-17(15)21(26)18-14(20(13)25)9-12(10-16(18)23)19(24)11-5-2-1-3-6-11/h1-10,22-23H. The first kappa shape index (κ1) is 15.8. The molecule has 0 saturated carbocycles. The minimum Gasteiger partial charge on any atom is -0.507 e. The molecule has 0 atom stereocenters. The fourth-order valence-electron chi connectivity index (χ4n) is 3.17. The summed E-state index contributed by atoms with van der Waals surface area (Å²) in [6, 6.07) is 15.1. The van der Waals surface area contributed by atoms with Crippen molar-refractivity contribution in [3.63, 3.8) is 0 Å². The zero-order chi connectivity index (χ0) is 18.4. The van der Waals surface area contributed by atoms with Gasteiger partial charge in [0.05, 0.1) is 11.1 Å². The van der Waals surface area contributed by atoms with E-state index >= 15 is 0 Å². The highest BCUT2D eigenvalue weighted by Gasteiger charge is 2.35. The van der Waals surface area contributed by atoms with Crippen LogP contribution in [0.2, 0.25) is 0 Å². The highest BCUT2D eigenvalue weighted by atomic mass is 16.3. The lowest BCUT2D eigenvalue weighted by Crippen LogP contribution is -2.22. The van der Waals surface area contributed by atoms with Gasteiger partial charge >= 0.3 is 0 Å². The monoisotopic (exact) mass is 344 g/mol. The Bertz CT molecular complexity index is 1100. The fourth-order valence-corrected chi connectivity index (χ4v) is 3.17. The maximum Gasteiger partial charge on any atom is 0.201 e. The molecule has 0 fully saturated rings. The minimum atomic E-state index is -0.649. The van der Waals surface area contributed by atoms with Gasteiger partial charge in [0.15, 0.2) is 11.6 Å². The summed E-state index contributed by atoms with van der Waals surface area (Å²) < 4.78 is 0. The number of hydrogen-bond donors (Lipinski definition) is 2. The number of carbonyl (C=O) groups excluding carboxylic acids is 3. The molecule has 0 saturated heterocycles. The van der Waals surface area contributed by atoms with E-state index < -0.39 is 17.3 Å². The summed E-state index contributed by atoms with van der Waals surface area (Å²) in [7, 11) is 0. The number of phenols is 2. The van der Waals surface area contributed by atoms with Gasteiger partial charge in [-0.05, 0) is 18.2 Å². The van der Waals surface area contributed by atoms with Crippen LogP contribution in [0.25, 0.3) is 0 Å². The molecular formula is C21H12O5. The Hall–Kier alpha value is -3.73. The molecule has 1 aliphatic rings. The van der Waals surface area contributed by atoms with E-state index in [9.17, 15) is 24.6 Å². The maximum absolute atomic E-state index is 12.8. The van der Waals surface area contributed by atoms with Gasteiger partial charge in [0.25, 0.3) is 0 Å². The summed E-state index contributed by atoms with van der Waals surface area (Å²) in [4.78, 5) is 38.1. The van der Waals surface area contributed by atoms with E-state index in [1.165, 1.54) is 30.3 Å². The van der Waals surface area contributed by atoms with Gasteiger partial charge < -0.3 is 10.2 Å². The predicted molar refractivity (Wildman–Crippen MR) is 93.0 cm³/mol. The van der Waals surface area contributed by atoms with E-state index in [1.54, 1.807) is 30.3 Å². The smallest absolute Gasteiger partial charge is 0.201 e. The first-order valence-corrected chi connectivity index (χ1v) is 7.87. The molecule has 2 N–H and O–H groups in total. The van der Waals surface area contributed by atoms with Crippen LogP contribution in [-0.4, -0.2) is 27.6 Å². The van der Waals surface area contributed by atoms with Crippen molar-refractivity contribution in [3.05, 3.63) is 94.0 Å². The van der Waals surface area contributed by atoms with Crippen LogP contribution >= 0.6 is 0 Å². The molecule has 5 heteroatoms. The molecule has 126 valence electrons. The van der Waals surface area contributed by atoms with Crippen LogP contribution < -0.4 is 0 Å². The normalized spacial score (nSPS) is 12.5. The minimum absolute atomic E-state index is 0.0474. The summed E-state index contributed by atoms with van der Waals surface area (Å²) in [6.07, 6.45) is 0. The SMILES string of the molecule is O=C(c1ccccc1)c1cc(O)c2c(c1)C(=O)c1cccc(O)c1C2=O. The lowest BCUT2D eigenvalue weighted by molar-refractivity contribution is 0.0973. The molecule has 3 aromatic carbocycles. The third kappa shape index (κ3) is 2.22. The highest BCUT2D eigenvalue weighted by molar-refractivity contribution is 6.30. The van der Waals surface area contributed by atoms with Gasteiger partial charge in [0.1, 0.15) is 11.5 Å². The van der Waals surface area contributed by atoms with Crippen molar-refractivity contribution in [2.45, 2.75) is 0 Å². The molecule has 0 amide bonds. The Labute approximate surface area is 148 Å². The molecule has 0 radical (unpaired) electrons. The number of phenolic OH excluding ortho intramolecular Hbond substituents is 2. The largest absolute Gasteiger partial charge is 0.507 e. The van der Waals surface area contributed by atoms with Gasteiger partial charge in [-0.1, -0.05) is 42.5 Å². The lowest BCUT2D eigenvalue weighted by atomic mass is 9.81. The van der Waals surface area contributed by atoms with Crippen molar-refractivity contribution in [1.29, 1.82) is 0 Å². The Morgan fingerprint density at radius 1 is 0.654 bits per heavy atom. The van der Waals surface area contributed by atoms with E-state index in [-0.39, 0.29) is 39.4 Å². The van der Waals surface area contributed by atoms with Crippen LogP contribution in [0.5, 0.6) is 11.5 Å². The summed E-state index contributed by atoms with van der Waals surface area (Å²) in [6.45, 7) is 0. The number of ketones is 3. The second-order valence-electron chi connectivity index (χ2n) is 5.97. The Morgan fingerprint density at radius 2 is 1.35 bits per heavy atom. The van der Waals surface area contributed by atoms with Gasteiger partial charge in [0, 0.05) is 22.3 Å². The third-order valence-corrected chi connectivity index (χ3v) is 4.40. The number of carbonyl (C=O) groups is 3. The van der Waals surface area contributed by atoms with E-state index in [2.05, 4.69) is 0 Å². The van der Waals surface area contributed by atoms with Gasteiger partial charge in [0.2, 0.25) is 5.78 Å². The van der Waals surface area contributed by atoms with Crippen molar-refractivity contribution >= 4 is 17.3 Å². The fraction of sp³-hybridized carbons (Fsp3) is 0. The van der Waals surface area contributed by atoms with Crippen LogP contribution in [0, 0.1) is 0 Å². The van der Waals surface area contributed by atoms with Crippen molar-refractivity contribution in [2.24, 2.45) is 0 Å². The third-order valence-electron chi connectivity index (χ3n) is 4.40. The summed E-state index contributed by atoms with van der Waals surface area (Å²) in [5, 5.41) is 20.3. The van der Waals surface area contributed by atoms with Gasteiger partial charge in [-0.25, -0.2) is 0 Å². The molecule has 0 spiro atoms. The molecule has 1 aliphatic carbocycles. The summed E-state index contributed by atoms with van der Waals surface area (Å²) >= 11 is 0. The van der Waals surface area contributed by atoms with Crippen LogP contribution in [0.3, 0.4) is 0 Å². The Kier molecular flexibility index (Phi) is 3.44. The molecule has 0 bridgehead atoms. The van der Waals surface area contributed by atoms with Crippen LogP contribution in [0.4, 0.5) is 0 Å². The highest BCUT2D eigenvalue weighted by Crippen LogP contribution is 2.37. The zero-order valence-corrected chi connectivity index (χ0v) is 13.4. The summed E-state index contributed by atoms with van der Waals surface area (Å²) in [5.41, 5.74) is 0.173. The Balaban J connectivity index is 1.90. The van der Waals surface area contributed by atoms with Crippen molar-refractivity contribution in [2.75, 3.05) is 0 Å². The average molecular weight is 344 g/mol. The van der Waals surface area contributed by atoms with Gasteiger partial charge in [-0.15, -0.1) is 0 Å². The molecule has 0 heterocycles.